The van der Waals surface area contributed by atoms with Crippen molar-refractivity contribution < 1.29 is 9.53 Å². The van der Waals surface area contributed by atoms with Crippen molar-refractivity contribution in [3.05, 3.63) is 29.3 Å². The molecule has 0 spiro atoms. The minimum atomic E-state index is -0.486. The first-order valence-electron chi connectivity index (χ1n) is 6.37. The number of nitrogens with zero attached hydrogens (tertiary/aromatic N) is 1. The molecule has 0 radical (unpaired) electrons. The SMILES string of the molecule is CC[C@@H](Oc1cccc(Cl)c1)C(=O)NCCN(C)C. The van der Waals surface area contributed by atoms with E-state index in [2.05, 4.69) is 5.32 Å². The maximum Gasteiger partial charge on any atom is 0.261 e. The van der Waals surface area contributed by atoms with Crippen molar-refractivity contribution >= 4 is 17.5 Å². The highest BCUT2D eigenvalue weighted by Crippen LogP contribution is 2.19. The number of carbonyl (C=O) groups excluding carboxylic acids is 1. The fourth-order valence-corrected chi connectivity index (χ4v) is 1.72. The maximum absolute atomic E-state index is 12.0. The van der Waals surface area contributed by atoms with E-state index in [9.17, 15) is 4.79 Å². The van der Waals surface area contributed by atoms with E-state index < -0.39 is 6.10 Å². The van der Waals surface area contributed by atoms with E-state index >= 15 is 0 Å². The van der Waals surface area contributed by atoms with Gasteiger partial charge in [0.05, 0.1) is 0 Å². The van der Waals surface area contributed by atoms with Gasteiger partial charge in [-0.25, -0.2) is 0 Å². The topological polar surface area (TPSA) is 41.6 Å². The van der Waals surface area contributed by atoms with Crippen LogP contribution in [-0.4, -0.2) is 44.1 Å². The van der Waals surface area contributed by atoms with Crippen LogP contribution >= 0.6 is 11.6 Å². The number of carbonyl (C=O) groups is 1. The highest BCUT2D eigenvalue weighted by atomic mass is 35.5. The van der Waals surface area contributed by atoms with Crippen LogP contribution in [0.1, 0.15) is 13.3 Å². The molecule has 0 bridgehead atoms. The van der Waals surface area contributed by atoms with E-state index in [4.69, 9.17) is 16.3 Å². The first-order valence-corrected chi connectivity index (χ1v) is 6.75. The molecule has 0 saturated carbocycles. The molecule has 0 aliphatic carbocycles. The van der Waals surface area contributed by atoms with Crippen molar-refractivity contribution in [2.45, 2.75) is 19.4 Å². The Kier molecular flexibility index (Phi) is 6.67. The number of benzene rings is 1. The molecule has 4 nitrogen and oxygen atoms in total. The number of likely N-dealkylation sites (N-methyl/N-ethyl adjacent to an activating group) is 1. The Morgan fingerprint density at radius 1 is 1.47 bits per heavy atom. The lowest BCUT2D eigenvalue weighted by Gasteiger charge is -2.18. The number of rotatable bonds is 7. The Balaban J connectivity index is 2.50. The summed E-state index contributed by atoms with van der Waals surface area (Å²) in [5, 5.41) is 3.46. The van der Waals surface area contributed by atoms with Gasteiger partial charge in [-0.1, -0.05) is 24.6 Å². The molecule has 1 N–H and O–H groups in total. The van der Waals surface area contributed by atoms with Gasteiger partial charge in [0.2, 0.25) is 0 Å². The van der Waals surface area contributed by atoms with E-state index in [1.807, 2.05) is 25.9 Å². The number of amides is 1. The predicted molar refractivity (Wildman–Crippen MR) is 77.7 cm³/mol. The van der Waals surface area contributed by atoms with Crippen molar-refractivity contribution in [1.82, 2.24) is 10.2 Å². The third-order valence-electron chi connectivity index (χ3n) is 2.60. The smallest absolute Gasteiger partial charge is 0.261 e. The Hall–Kier alpha value is -1.26. The van der Waals surface area contributed by atoms with E-state index in [1.165, 1.54) is 0 Å². The van der Waals surface area contributed by atoms with Crippen LogP contribution in [0.2, 0.25) is 5.02 Å². The fraction of sp³-hybridized carbons (Fsp3) is 0.500. The summed E-state index contributed by atoms with van der Waals surface area (Å²) in [6.45, 7) is 3.33. The van der Waals surface area contributed by atoms with Gasteiger partial charge in [-0.2, -0.15) is 0 Å². The van der Waals surface area contributed by atoms with Crippen molar-refractivity contribution in [1.29, 1.82) is 0 Å². The van der Waals surface area contributed by atoms with Gasteiger partial charge < -0.3 is 15.0 Å². The maximum atomic E-state index is 12.0. The first kappa shape index (κ1) is 15.8. The van der Waals surface area contributed by atoms with E-state index in [1.54, 1.807) is 24.3 Å². The molecular formula is C14H21ClN2O2. The molecule has 0 aliphatic heterocycles. The molecule has 1 aromatic carbocycles. The largest absolute Gasteiger partial charge is 0.481 e. The standard InChI is InChI=1S/C14H21ClN2O2/c1-4-13(14(18)16-8-9-17(2)3)19-12-7-5-6-11(15)10-12/h5-7,10,13H,4,8-9H2,1-3H3,(H,16,18)/t13-/m1/s1. The zero-order valence-electron chi connectivity index (χ0n) is 11.6. The Morgan fingerprint density at radius 2 is 2.21 bits per heavy atom. The van der Waals surface area contributed by atoms with Crippen molar-refractivity contribution in [3.63, 3.8) is 0 Å². The van der Waals surface area contributed by atoms with Gasteiger partial charge in [0, 0.05) is 18.1 Å². The number of ether oxygens (including phenoxy) is 1. The fourth-order valence-electron chi connectivity index (χ4n) is 1.54. The third kappa shape index (κ3) is 5.94. The Morgan fingerprint density at radius 3 is 2.79 bits per heavy atom. The Bertz CT molecular complexity index is 410. The molecule has 0 aromatic heterocycles. The quantitative estimate of drug-likeness (QED) is 0.834. The molecule has 0 heterocycles. The molecule has 19 heavy (non-hydrogen) atoms. The van der Waals surface area contributed by atoms with Crippen molar-refractivity contribution in [2.75, 3.05) is 27.2 Å². The number of hydrogen-bond acceptors (Lipinski definition) is 3. The summed E-state index contributed by atoms with van der Waals surface area (Å²) >= 11 is 5.88. The zero-order valence-corrected chi connectivity index (χ0v) is 12.4. The van der Waals surface area contributed by atoms with Gasteiger partial charge in [0.1, 0.15) is 5.75 Å². The number of nitrogens with one attached hydrogen (secondary N) is 1. The van der Waals surface area contributed by atoms with Crippen LogP contribution in [0.5, 0.6) is 5.75 Å². The molecule has 1 rings (SSSR count). The molecule has 1 aromatic rings. The van der Waals surface area contributed by atoms with Crippen LogP contribution in [0.15, 0.2) is 24.3 Å². The molecule has 5 heteroatoms. The summed E-state index contributed by atoms with van der Waals surface area (Å²) in [5.41, 5.74) is 0. The van der Waals surface area contributed by atoms with Gasteiger partial charge in [-0.15, -0.1) is 0 Å². The molecule has 1 atom stereocenters. The van der Waals surface area contributed by atoms with E-state index in [-0.39, 0.29) is 5.91 Å². The van der Waals surface area contributed by atoms with Crippen molar-refractivity contribution in [2.24, 2.45) is 0 Å². The first-order chi connectivity index (χ1) is 9.02. The van der Waals surface area contributed by atoms with Crippen LogP contribution in [0.3, 0.4) is 0 Å². The average Bonchev–Trinajstić information content (AvgIpc) is 2.35. The Labute approximate surface area is 119 Å². The molecule has 0 unspecified atom stereocenters. The predicted octanol–water partition coefficient (Wildman–Crippen LogP) is 2.18. The molecule has 0 fully saturated rings. The lowest BCUT2D eigenvalue weighted by Crippen LogP contribution is -2.40. The number of halogens is 1. The van der Waals surface area contributed by atoms with Gasteiger partial charge in [-0.3, -0.25) is 4.79 Å². The summed E-state index contributed by atoms with van der Waals surface area (Å²) in [5.74, 6) is 0.520. The monoisotopic (exact) mass is 284 g/mol. The third-order valence-corrected chi connectivity index (χ3v) is 2.83. The van der Waals surface area contributed by atoms with Crippen LogP contribution in [0.25, 0.3) is 0 Å². The average molecular weight is 285 g/mol. The van der Waals surface area contributed by atoms with Gasteiger partial charge in [0.25, 0.3) is 5.91 Å². The van der Waals surface area contributed by atoms with Crippen LogP contribution in [-0.2, 0) is 4.79 Å². The summed E-state index contributed by atoms with van der Waals surface area (Å²) in [6, 6.07) is 7.07. The van der Waals surface area contributed by atoms with Gasteiger partial charge >= 0.3 is 0 Å². The summed E-state index contributed by atoms with van der Waals surface area (Å²) in [4.78, 5) is 14.0. The lowest BCUT2D eigenvalue weighted by molar-refractivity contribution is -0.128. The minimum Gasteiger partial charge on any atom is -0.481 e. The lowest BCUT2D eigenvalue weighted by atomic mass is 10.2. The normalized spacial score (nSPS) is 12.3. The van der Waals surface area contributed by atoms with Crippen molar-refractivity contribution in [3.8, 4) is 5.75 Å². The minimum absolute atomic E-state index is 0.0932. The van der Waals surface area contributed by atoms with Crippen LogP contribution in [0, 0.1) is 0 Å². The van der Waals surface area contributed by atoms with E-state index in [0.29, 0.717) is 23.7 Å². The molecule has 0 aliphatic rings. The van der Waals surface area contributed by atoms with Crippen LogP contribution in [0.4, 0.5) is 0 Å². The highest BCUT2D eigenvalue weighted by molar-refractivity contribution is 6.30. The second-order valence-corrected chi connectivity index (χ2v) is 5.00. The summed E-state index contributed by atoms with van der Waals surface area (Å²) in [7, 11) is 3.93. The van der Waals surface area contributed by atoms with E-state index in [0.717, 1.165) is 6.54 Å². The molecule has 1 amide bonds. The second kappa shape index (κ2) is 8.02. The highest BCUT2D eigenvalue weighted by Gasteiger charge is 2.17. The second-order valence-electron chi connectivity index (χ2n) is 4.57. The molecular weight excluding hydrogens is 264 g/mol. The zero-order chi connectivity index (χ0) is 14.3. The number of hydrogen-bond donors (Lipinski definition) is 1. The summed E-state index contributed by atoms with van der Waals surface area (Å²) < 4.78 is 5.65. The molecule has 0 saturated heterocycles. The molecule has 106 valence electrons. The van der Waals surface area contributed by atoms with Gasteiger partial charge in [-0.05, 0) is 38.7 Å². The summed E-state index contributed by atoms with van der Waals surface area (Å²) in [6.07, 6.45) is 0.126. The van der Waals surface area contributed by atoms with Crippen LogP contribution < -0.4 is 10.1 Å². The van der Waals surface area contributed by atoms with Gasteiger partial charge in [0.15, 0.2) is 6.10 Å².